The summed E-state index contributed by atoms with van der Waals surface area (Å²) in [6.07, 6.45) is -8.51. The Morgan fingerprint density at radius 2 is 1.50 bits per heavy atom. The molecule has 0 spiro atoms. The van der Waals surface area contributed by atoms with Gasteiger partial charge in [-0.1, -0.05) is 12.5 Å². The monoisotopic (exact) mass is 1030 g/mol. The molecule has 0 aliphatic carbocycles. The van der Waals surface area contributed by atoms with E-state index < -0.39 is 151 Å². The fourth-order valence-corrected chi connectivity index (χ4v) is 6.70. The number of phenols is 2. The van der Waals surface area contributed by atoms with Crippen LogP contribution in [0.3, 0.4) is 0 Å². The molecular formula is C41H63N13O18. The minimum Gasteiger partial charge on any atom is -0.504 e. The number of carbonyl (C=O) groups is 11. The van der Waals surface area contributed by atoms with E-state index in [1.807, 2.05) is 10.6 Å². The zero-order valence-electron chi connectivity index (χ0n) is 38.7. The Labute approximate surface area is 409 Å². The molecule has 0 bridgehead atoms. The summed E-state index contributed by atoms with van der Waals surface area (Å²) in [6.45, 7) is -0.842. The van der Waals surface area contributed by atoms with Crippen LogP contribution in [0.5, 0.6) is 11.5 Å². The molecule has 0 saturated carbocycles. The highest BCUT2D eigenvalue weighted by molar-refractivity contribution is 6.00. The molecular weight excluding hydrogens is 963 g/mol. The number of primary amides is 1. The number of aliphatic hydroxyl groups excluding tert-OH is 3. The summed E-state index contributed by atoms with van der Waals surface area (Å²) < 4.78 is 0. The number of guanidine groups is 1. The van der Waals surface area contributed by atoms with Crippen LogP contribution in [0.15, 0.2) is 23.2 Å². The number of amides is 9. The summed E-state index contributed by atoms with van der Waals surface area (Å²) in [5.74, 6) is -16.0. The number of aliphatic carboxylic acids is 2. The predicted molar refractivity (Wildman–Crippen MR) is 245 cm³/mol. The number of nitrogens with zero attached hydrogens (tertiary/aromatic N) is 1. The van der Waals surface area contributed by atoms with Gasteiger partial charge in [0.25, 0.3) is 5.91 Å². The van der Waals surface area contributed by atoms with Crippen LogP contribution in [-0.4, -0.2) is 188 Å². The standard InChI is InChI=1S/C41H63N13O18/c42-19(8-1-3-13-47-33(63)18-7-5-11-23(55)30(18)60)24(56)16-26(58)50-22(15-25(43)57)36(66)54-29(32(62)40(71)72)38(68)52-20-9-2-4-12-46-27(59)17-49-37(67)28(31(61)39(69)70)53-35(65)21(51-34(20)64)10-6-14-48-41(44)45/h5,7,11,19-22,24,28-29,31-32,55-56,60-62H,1-4,6,8-10,12-17,42H2,(H2,43,57)(H,46,59)(H,47,63)(H,49,67)(H,50,58)(H,51,64)(H,52,68)(H,53,65)(H,54,66)(H,69,70)(H,71,72)(H4,44,45,48). The van der Waals surface area contributed by atoms with E-state index in [2.05, 4.69) is 36.9 Å². The number of nitrogens with one attached hydrogen (secondary N) is 8. The number of carboxylic acids is 2. The second-order valence-electron chi connectivity index (χ2n) is 16.3. The number of aliphatic hydroxyl groups is 3. The highest BCUT2D eigenvalue weighted by Gasteiger charge is 2.40. The van der Waals surface area contributed by atoms with Crippen LogP contribution in [0, 0.1) is 0 Å². The quantitative estimate of drug-likeness (QED) is 0.0198. The van der Waals surface area contributed by atoms with Crippen molar-refractivity contribution in [2.75, 3.05) is 26.2 Å². The Bertz CT molecular complexity index is 2160. The van der Waals surface area contributed by atoms with E-state index in [1.54, 1.807) is 0 Å². The molecule has 1 fully saturated rings. The van der Waals surface area contributed by atoms with Crippen LogP contribution in [0.25, 0.3) is 0 Å². The summed E-state index contributed by atoms with van der Waals surface area (Å²) in [4.78, 5) is 145. The van der Waals surface area contributed by atoms with Crippen molar-refractivity contribution in [3.05, 3.63) is 23.8 Å². The second kappa shape index (κ2) is 30.0. The zero-order chi connectivity index (χ0) is 54.2. The van der Waals surface area contributed by atoms with E-state index in [-0.39, 0.29) is 69.7 Å². The summed E-state index contributed by atoms with van der Waals surface area (Å²) in [5, 5.41) is 87.8. The van der Waals surface area contributed by atoms with Gasteiger partial charge in [-0.15, -0.1) is 0 Å². The molecule has 72 heavy (non-hydrogen) atoms. The van der Waals surface area contributed by atoms with Crippen LogP contribution in [0.4, 0.5) is 0 Å². The topological polar surface area (TPSA) is 542 Å². The number of nitrogens with two attached hydrogens (primary N) is 4. The van der Waals surface area contributed by atoms with Gasteiger partial charge in [-0.2, -0.15) is 0 Å². The average molecular weight is 1030 g/mol. The fraction of sp³-hybridized carbons (Fsp3) is 0.561. The first-order valence-electron chi connectivity index (χ1n) is 22.3. The van der Waals surface area contributed by atoms with Crippen molar-refractivity contribution in [3.8, 4) is 11.5 Å². The number of hydrogen-bond acceptors (Lipinski definition) is 18. The lowest BCUT2D eigenvalue weighted by Gasteiger charge is -2.28. The number of para-hydroxylation sites is 1. The second-order valence-corrected chi connectivity index (χ2v) is 16.3. The lowest BCUT2D eigenvalue weighted by atomic mass is 10.0. The van der Waals surface area contributed by atoms with Crippen molar-refractivity contribution in [3.63, 3.8) is 0 Å². The smallest absolute Gasteiger partial charge is 0.335 e. The highest BCUT2D eigenvalue weighted by Crippen LogP contribution is 2.28. The van der Waals surface area contributed by atoms with E-state index in [0.29, 0.717) is 12.8 Å². The summed E-state index contributed by atoms with van der Waals surface area (Å²) in [6, 6.07) is -7.33. The first-order chi connectivity index (χ1) is 33.8. The van der Waals surface area contributed by atoms with Crippen molar-refractivity contribution >= 4 is 71.1 Å². The molecule has 1 heterocycles. The van der Waals surface area contributed by atoms with Gasteiger partial charge in [-0.3, -0.25) is 48.1 Å². The third-order valence-electron chi connectivity index (χ3n) is 10.6. The number of aliphatic imine (C=N–C) groups is 1. The maximum absolute atomic E-state index is 13.9. The average Bonchev–Trinajstić information content (AvgIpc) is 3.30. The summed E-state index contributed by atoms with van der Waals surface area (Å²) in [5.41, 5.74) is 21.9. The third kappa shape index (κ3) is 20.6. The summed E-state index contributed by atoms with van der Waals surface area (Å²) >= 11 is 0. The number of unbranched alkanes of at least 4 members (excludes halogenated alkanes) is 1. The number of carbonyl (C=O) groups excluding carboxylic acids is 9. The fourth-order valence-electron chi connectivity index (χ4n) is 6.70. The van der Waals surface area contributed by atoms with Crippen LogP contribution in [-0.2, 0) is 47.9 Å². The molecule has 1 aromatic rings. The van der Waals surface area contributed by atoms with Gasteiger partial charge in [0.05, 0.1) is 31.1 Å². The highest BCUT2D eigenvalue weighted by atomic mass is 16.4. The number of aromatic hydroxyl groups is 2. The van der Waals surface area contributed by atoms with Crippen LogP contribution < -0.4 is 65.5 Å². The number of hydrogen-bond donors (Lipinski definition) is 19. The maximum Gasteiger partial charge on any atom is 0.335 e. The molecule has 9 unspecified atom stereocenters. The Hall–Kier alpha value is -7.90. The predicted octanol–water partition coefficient (Wildman–Crippen LogP) is -8.26. The molecule has 1 saturated heterocycles. The van der Waals surface area contributed by atoms with Crippen LogP contribution in [0.1, 0.15) is 74.6 Å². The first kappa shape index (κ1) is 60.2. The largest absolute Gasteiger partial charge is 0.504 e. The number of rotatable bonds is 24. The van der Waals surface area contributed by atoms with Crippen molar-refractivity contribution in [2.24, 2.45) is 27.9 Å². The van der Waals surface area contributed by atoms with E-state index in [1.165, 1.54) is 18.2 Å². The Morgan fingerprint density at radius 3 is 2.14 bits per heavy atom. The lowest BCUT2D eigenvalue weighted by molar-refractivity contribution is -0.153. The van der Waals surface area contributed by atoms with E-state index in [4.69, 9.17) is 22.9 Å². The SMILES string of the molecule is NC(=O)CC(NC(=O)CC(O)C(N)CCCCNC(=O)c1cccc(O)c1O)C(=O)NC(C(=O)NC1CCCCNC(=O)CNC(=O)C(C(O)C(=O)O)NC(=O)C(CCCN=C(N)N)NC1=O)C(O)C(=O)O. The van der Waals surface area contributed by atoms with Gasteiger partial charge in [-0.05, 0) is 57.1 Å². The third-order valence-corrected chi connectivity index (χ3v) is 10.6. The minimum atomic E-state index is -2.77. The Balaban J connectivity index is 2.28. The van der Waals surface area contributed by atoms with Gasteiger partial charge in [0, 0.05) is 25.7 Å². The molecule has 0 aromatic heterocycles. The normalized spacial score (nSPS) is 19.4. The van der Waals surface area contributed by atoms with Gasteiger partial charge in [0.1, 0.15) is 30.2 Å². The van der Waals surface area contributed by atoms with Gasteiger partial charge in [0.15, 0.2) is 29.7 Å². The molecule has 0 radical (unpaired) electrons. The molecule has 1 aliphatic rings. The molecule has 23 N–H and O–H groups in total. The van der Waals surface area contributed by atoms with Gasteiger partial charge in [-0.25, -0.2) is 9.59 Å². The zero-order valence-corrected chi connectivity index (χ0v) is 38.7. The van der Waals surface area contributed by atoms with Crippen molar-refractivity contribution in [1.82, 2.24) is 42.5 Å². The van der Waals surface area contributed by atoms with Crippen molar-refractivity contribution < 1.29 is 88.5 Å². The molecule has 9 atom stereocenters. The maximum atomic E-state index is 13.9. The van der Waals surface area contributed by atoms with Crippen molar-refractivity contribution in [1.29, 1.82) is 0 Å². The number of benzene rings is 1. The molecule has 31 heteroatoms. The molecule has 1 aromatic carbocycles. The Morgan fingerprint density at radius 1 is 0.806 bits per heavy atom. The van der Waals surface area contributed by atoms with E-state index in [9.17, 15) is 88.5 Å². The number of phenolic OH excluding ortho intramolecular Hbond substituents is 2. The van der Waals surface area contributed by atoms with Crippen molar-refractivity contribution in [2.45, 2.75) is 119 Å². The van der Waals surface area contributed by atoms with Crippen LogP contribution >= 0.6 is 0 Å². The van der Waals surface area contributed by atoms with Gasteiger partial charge < -0.3 is 101 Å². The van der Waals surface area contributed by atoms with Crippen LogP contribution in [0.2, 0.25) is 0 Å². The lowest BCUT2D eigenvalue weighted by Crippen LogP contribution is -2.63. The van der Waals surface area contributed by atoms with Gasteiger partial charge >= 0.3 is 11.9 Å². The molecule has 2 rings (SSSR count). The molecule has 400 valence electrons. The van der Waals surface area contributed by atoms with Gasteiger partial charge in [0.2, 0.25) is 47.3 Å². The molecule has 1 aliphatic heterocycles. The summed E-state index contributed by atoms with van der Waals surface area (Å²) in [7, 11) is 0. The minimum absolute atomic E-state index is 0.00578. The first-order valence-corrected chi connectivity index (χ1v) is 22.3. The van der Waals surface area contributed by atoms with E-state index >= 15 is 0 Å². The molecule has 9 amide bonds. The Kier molecular flexibility index (Phi) is 25.1. The van der Waals surface area contributed by atoms with E-state index in [0.717, 1.165) is 0 Å². The molecule has 31 nitrogen and oxygen atoms in total. The number of carboxylic acid groups (broad SMARTS) is 2.